The third kappa shape index (κ3) is 3.83. The molecular formula is C16H30N4O. The number of rotatable bonds is 6. The molecule has 21 heavy (non-hydrogen) atoms. The Bertz CT molecular complexity index is 433. The van der Waals surface area contributed by atoms with Gasteiger partial charge in [0.05, 0.1) is 5.60 Å². The van der Waals surface area contributed by atoms with E-state index in [0.717, 1.165) is 30.5 Å². The summed E-state index contributed by atoms with van der Waals surface area (Å²) in [6.45, 7) is 9.92. The van der Waals surface area contributed by atoms with Gasteiger partial charge >= 0.3 is 0 Å². The molecule has 2 N–H and O–H groups in total. The Hall–Kier alpha value is -0.940. The molecule has 1 fully saturated rings. The van der Waals surface area contributed by atoms with Crippen molar-refractivity contribution in [2.24, 2.45) is 17.6 Å². The van der Waals surface area contributed by atoms with E-state index in [2.05, 4.69) is 37.8 Å². The van der Waals surface area contributed by atoms with Gasteiger partial charge in [0, 0.05) is 12.6 Å². The van der Waals surface area contributed by atoms with Crippen LogP contribution in [-0.2, 0) is 11.3 Å². The Morgan fingerprint density at radius 1 is 1.33 bits per heavy atom. The van der Waals surface area contributed by atoms with E-state index in [1.807, 2.05) is 4.68 Å². The lowest BCUT2D eigenvalue weighted by Crippen LogP contribution is -2.44. The second-order valence-corrected chi connectivity index (χ2v) is 6.97. The second-order valence-electron chi connectivity index (χ2n) is 6.97. The van der Waals surface area contributed by atoms with Crippen LogP contribution in [0, 0.1) is 11.8 Å². The summed E-state index contributed by atoms with van der Waals surface area (Å²) in [4.78, 5) is 4.32. The molecule has 0 bridgehead atoms. The lowest BCUT2D eigenvalue weighted by atomic mass is 9.74. The molecule has 1 aliphatic rings. The van der Waals surface area contributed by atoms with Crippen LogP contribution in [0.25, 0.3) is 0 Å². The molecule has 5 nitrogen and oxygen atoms in total. The van der Waals surface area contributed by atoms with Gasteiger partial charge in [-0.25, -0.2) is 9.67 Å². The highest BCUT2D eigenvalue weighted by molar-refractivity contribution is 4.91. The molecule has 1 aliphatic carbocycles. The van der Waals surface area contributed by atoms with Gasteiger partial charge in [-0.1, -0.05) is 13.8 Å². The molecule has 2 rings (SSSR count). The monoisotopic (exact) mass is 294 g/mol. The molecule has 0 unspecified atom stereocenters. The fourth-order valence-corrected chi connectivity index (χ4v) is 3.27. The molecule has 120 valence electrons. The summed E-state index contributed by atoms with van der Waals surface area (Å²) in [5.41, 5.74) is 5.86. The maximum absolute atomic E-state index is 6.23. The minimum Gasteiger partial charge on any atom is -0.366 e. The number of nitrogens with zero attached hydrogens (tertiary/aromatic N) is 3. The fourth-order valence-electron chi connectivity index (χ4n) is 3.27. The van der Waals surface area contributed by atoms with Crippen LogP contribution in [0.4, 0.5) is 0 Å². The van der Waals surface area contributed by atoms with E-state index in [1.54, 1.807) is 6.33 Å². The van der Waals surface area contributed by atoms with Crippen LogP contribution in [0.3, 0.4) is 0 Å². The molecule has 1 heterocycles. The molecule has 1 aromatic rings. The molecule has 5 heteroatoms. The van der Waals surface area contributed by atoms with Gasteiger partial charge in [-0.3, -0.25) is 0 Å². The van der Waals surface area contributed by atoms with Crippen LogP contribution >= 0.6 is 0 Å². The SMILES string of the molecule is CC(C)C1CCC(CN)(OCc2ncnn2C(C)C)CC1. The summed E-state index contributed by atoms with van der Waals surface area (Å²) < 4.78 is 8.16. The molecule has 0 radical (unpaired) electrons. The number of hydrogen-bond donors (Lipinski definition) is 1. The lowest BCUT2D eigenvalue weighted by molar-refractivity contribution is -0.0872. The van der Waals surface area contributed by atoms with Gasteiger partial charge < -0.3 is 10.5 Å². The standard InChI is InChI=1S/C16H30N4O/c1-12(2)14-5-7-16(10-17,8-6-14)21-9-15-18-11-19-20(15)13(3)4/h11-14H,5-10,17H2,1-4H3. The number of nitrogens with two attached hydrogens (primary N) is 1. The van der Waals surface area contributed by atoms with Crippen LogP contribution in [-0.4, -0.2) is 26.9 Å². The second kappa shape index (κ2) is 6.88. The van der Waals surface area contributed by atoms with Crippen molar-refractivity contribution in [1.82, 2.24) is 14.8 Å². The van der Waals surface area contributed by atoms with Crippen molar-refractivity contribution >= 4 is 0 Å². The van der Waals surface area contributed by atoms with Gasteiger partial charge in [0.2, 0.25) is 0 Å². The molecule has 0 spiro atoms. The van der Waals surface area contributed by atoms with E-state index < -0.39 is 0 Å². The minimum atomic E-state index is -0.168. The van der Waals surface area contributed by atoms with E-state index in [4.69, 9.17) is 10.5 Å². The van der Waals surface area contributed by atoms with Crippen molar-refractivity contribution in [2.75, 3.05) is 6.54 Å². The zero-order valence-electron chi connectivity index (χ0n) is 13.9. The Balaban J connectivity index is 1.95. The van der Waals surface area contributed by atoms with Crippen molar-refractivity contribution in [3.63, 3.8) is 0 Å². The van der Waals surface area contributed by atoms with Crippen molar-refractivity contribution < 1.29 is 4.74 Å². The number of hydrogen-bond acceptors (Lipinski definition) is 4. The summed E-state index contributed by atoms with van der Waals surface area (Å²) in [6.07, 6.45) is 6.14. The fraction of sp³-hybridized carbons (Fsp3) is 0.875. The first-order valence-corrected chi connectivity index (χ1v) is 8.20. The first-order valence-electron chi connectivity index (χ1n) is 8.20. The first kappa shape index (κ1) is 16.4. The van der Waals surface area contributed by atoms with E-state index in [0.29, 0.717) is 19.2 Å². The van der Waals surface area contributed by atoms with Gasteiger partial charge in [0.25, 0.3) is 0 Å². The van der Waals surface area contributed by atoms with Crippen LogP contribution in [0.15, 0.2) is 6.33 Å². The smallest absolute Gasteiger partial charge is 0.153 e. The van der Waals surface area contributed by atoms with Gasteiger partial charge in [0.15, 0.2) is 5.82 Å². The molecule has 1 saturated carbocycles. The van der Waals surface area contributed by atoms with Gasteiger partial charge in [-0.15, -0.1) is 0 Å². The molecule has 0 saturated heterocycles. The molecule has 1 aromatic heterocycles. The van der Waals surface area contributed by atoms with Crippen LogP contribution in [0.1, 0.15) is 65.2 Å². The highest BCUT2D eigenvalue weighted by atomic mass is 16.5. The molecule has 0 amide bonds. The zero-order chi connectivity index (χ0) is 15.5. The van der Waals surface area contributed by atoms with Crippen molar-refractivity contribution in [3.05, 3.63) is 12.2 Å². The third-order valence-corrected chi connectivity index (χ3v) is 4.90. The maximum Gasteiger partial charge on any atom is 0.153 e. The Kier molecular flexibility index (Phi) is 5.38. The third-order valence-electron chi connectivity index (χ3n) is 4.90. The topological polar surface area (TPSA) is 66.0 Å². The highest BCUT2D eigenvalue weighted by Crippen LogP contribution is 2.38. The molecular weight excluding hydrogens is 264 g/mol. The summed E-state index contributed by atoms with van der Waals surface area (Å²) in [5, 5.41) is 4.26. The van der Waals surface area contributed by atoms with E-state index in [-0.39, 0.29) is 5.60 Å². The Morgan fingerprint density at radius 2 is 2.00 bits per heavy atom. The normalized spacial score (nSPS) is 26.7. The summed E-state index contributed by atoms with van der Waals surface area (Å²) in [6, 6.07) is 0.302. The molecule has 0 aliphatic heterocycles. The van der Waals surface area contributed by atoms with E-state index in [9.17, 15) is 0 Å². The van der Waals surface area contributed by atoms with Crippen molar-refractivity contribution in [1.29, 1.82) is 0 Å². The van der Waals surface area contributed by atoms with E-state index in [1.165, 1.54) is 12.8 Å². The average Bonchev–Trinajstić information content (AvgIpc) is 2.94. The highest BCUT2D eigenvalue weighted by Gasteiger charge is 2.36. The predicted molar refractivity (Wildman–Crippen MR) is 83.8 cm³/mol. The van der Waals surface area contributed by atoms with Crippen molar-refractivity contribution in [3.8, 4) is 0 Å². The summed E-state index contributed by atoms with van der Waals surface area (Å²) in [7, 11) is 0. The number of ether oxygens (including phenoxy) is 1. The molecule has 0 aromatic carbocycles. The van der Waals surface area contributed by atoms with Crippen LogP contribution < -0.4 is 5.73 Å². The minimum absolute atomic E-state index is 0.168. The van der Waals surface area contributed by atoms with Gasteiger partial charge in [-0.05, 0) is 51.4 Å². The summed E-state index contributed by atoms with van der Waals surface area (Å²) >= 11 is 0. The average molecular weight is 294 g/mol. The van der Waals surface area contributed by atoms with Crippen LogP contribution in [0.5, 0.6) is 0 Å². The van der Waals surface area contributed by atoms with Crippen molar-refractivity contribution in [2.45, 2.75) is 71.6 Å². The largest absolute Gasteiger partial charge is 0.366 e. The predicted octanol–water partition coefficient (Wildman–Crippen LogP) is 2.92. The zero-order valence-corrected chi connectivity index (χ0v) is 13.9. The maximum atomic E-state index is 6.23. The number of aromatic nitrogens is 3. The Morgan fingerprint density at radius 3 is 2.52 bits per heavy atom. The summed E-state index contributed by atoms with van der Waals surface area (Å²) in [5.74, 6) is 2.46. The van der Waals surface area contributed by atoms with E-state index >= 15 is 0 Å². The molecule has 0 atom stereocenters. The van der Waals surface area contributed by atoms with Gasteiger partial charge in [0.1, 0.15) is 12.9 Å². The first-order chi connectivity index (χ1) is 9.97. The lowest BCUT2D eigenvalue weighted by Gasteiger charge is -2.40. The van der Waals surface area contributed by atoms with Gasteiger partial charge in [-0.2, -0.15) is 5.10 Å². The quantitative estimate of drug-likeness (QED) is 0.876. The Labute approximate surface area is 128 Å². The van der Waals surface area contributed by atoms with Crippen LogP contribution in [0.2, 0.25) is 0 Å².